The van der Waals surface area contributed by atoms with Gasteiger partial charge in [-0.25, -0.2) is 18.1 Å². The number of benzene rings is 1. The van der Waals surface area contributed by atoms with Gasteiger partial charge in [0.1, 0.15) is 17.9 Å². The lowest BCUT2D eigenvalue weighted by molar-refractivity contribution is 0.510. The monoisotopic (exact) mass is 358 g/mol. The van der Waals surface area contributed by atoms with E-state index in [4.69, 9.17) is 5.73 Å². The molecule has 0 unspecified atom stereocenters. The van der Waals surface area contributed by atoms with E-state index < -0.39 is 9.84 Å². The highest BCUT2D eigenvalue weighted by Crippen LogP contribution is 2.27. The summed E-state index contributed by atoms with van der Waals surface area (Å²) >= 11 is 3.23. The summed E-state index contributed by atoms with van der Waals surface area (Å²) in [5.41, 5.74) is 6.12. The first-order valence-corrected chi connectivity index (χ1v) is 8.42. The molecule has 0 radical (unpaired) electrons. The third-order valence-corrected chi connectivity index (χ3v) is 5.33. The van der Waals surface area contributed by atoms with Crippen molar-refractivity contribution in [1.82, 2.24) is 14.8 Å². The zero-order chi connectivity index (χ0) is 14.9. The van der Waals surface area contributed by atoms with Crippen LogP contribution in [0.2, 0.25) is 0 Å². The number of nitrogen functional groups attached to an aromatic ring is 1. The summed E-state index contributed by atoms with van der Waals surface area (Å²) in [5, 5.41) is 4.04. The Kier molecular flexibility index (Phi) is 4.14. The molecule has 0 aliphatic carbocycles. The summed E-state index contributed by atoms with van der Waals surface area (Å²) in [6.07, 6.45) is 1.36. The number of sulfone groups is 1. The number of nitrogens with zero attached hydrogens (tertiary/aromatic N) is 3. The van der Waals surface area contributed by atoms with E-state index >= 15 is 0 Å². The fourth-order valence-electron chi connectivity index (χ4n) is 1.83. The number of aromatic nitrogens is 3. The molecule has 0 aliphatic rings. The normalized spacial score (nSPS) is 12.0. The lowest BCUT2D eigenvalue weighted by Crippen LogP contribution is -2.14. The van der Waals surface area contributed by atoms with Crippen LogP contribution in [0.25, 0.3) is 0 Å². The van der Waals surface area contributed by atoms with E-state index in [1.807, 2.05) is 13.8 Å². The third-order valence-electron chi connectivity index (χ3n) is 2.75. The zero-order valence-electron chi connectivity index (χ0n) is 11.1. The molecular weight excluding hydrogens is 344 g/mol. The van der Waals surface area contributed by atoms with Gasteiger partial charge >= 0.3 is 0 Å². The van der Waals surface area contributed by atoms with Crippen molar-refractivity contribution >= 4 is 31.5 Å². The van der Waals surface area contributed by atoms with Crippen LogP contribution in [0.1, 0.15) is 25.7 Å². The lowest BCUT2D eigenvalue weighted by atomic mass is 10.3. The number of hydrogen-bond donors (Lipinski definition) is 1. The highest BCUT2D eigenvalue weighted by Gasteiger charge is 2.22. The average molecular weight is 359 g/mol. The number of halogens is 1. The van der Waals surface area contributed by atoms with Crippen LogP contribution in [-0.2, 0) is 15.6 Å². The van der Waals surface area contributed by atoms with Crippen LogP contribution in [-0.4, -0.2) is 23.2 Å². The van der Waals surface area contributed by atoms with Crippen molar-refractivity contribution in [2.45, 2.75) is 30.5 Å². The topological polar surface area (TPSA) is 90.9 Å². The van der Waals surface area contributed by atoms with Crippen LogP contribution >= 0.6 is 15.9 Å². The Labute approximate surface area is 126 Å². The predicted octanol–water partition coefficient (Wildman–Crippen LogP) is 2.18. The summed E-state index contributed by atoms with van der Waals surface area (Å²) in [7, 11) is -3.51. The molecule has 108 valence electrons. The van der Waals surface area contributed by atoms with E-state index in [9.17, 15) is 8.42 Å². The Hall–Kier alpha value is -1.41. The van der Waals surface area contributed by atoms with Crippen molar-refractivity contribution in [2.75, 3.05) is 5.73 Å². The van der Waals surface area contributed by atoms with E-state index in [1.54, 1.807) is 16.8 Å². The van der Waals surface area contributed by atoms with E-state index in [0.717, 1.165) is 0 Å². The Bertz CT molecular complexity index is 725. The molecule has 2 N–H and O–H groups in total. The first kappa shape index (κ1) is 15.0. The second kappa shape index (κ2) is 5.53. The van der Waals surface area contributed by atoms with Gasteiger partial charge < -0.3 is 5.73 Å². The predicted molar refractivity (Wildman–Crippen MR) is 79.9 cm³/mol. The van der Waals surface area contributed by atoms with Crippen molar-refractivity contribution in [3.8, 4) is 0 Å². The highest BCUT2D eigenvalue weighted by atomic mass is 79.9. The van der Waals surface area contributed by atoms with Gasteiger partial charge in [-0.1, -0.05) is 0 Å². The molecule has 2 rings (SSSR count). The molecule has 0 spiro atoms. The fourth-order valence-corrected chi connectivity index (χ4v) is 4.30. The quantitative estimate of drug-likeness (QED) is 0.845. The van der Waals surface area contributed by atoms with Crippen LogP contribution in [0.15, 0.2) is 33.9 Å². The minimum atomic E-state index is -3.51. The molecule has 0 fully saturated rings. The molecule has 0 bridgehead atoms. The Morgan fingerprint density at radius 2 is 2.10 bits per heavy atom. The van der Waals surface area contributed by atoms with Crippen molar-refractivity contribution < 1.29 is 8.42 Å². The van der Waals surface area contributed by atoms with E-state index in [2.05, 4.69) is 26.0 Å². The number of rotatable bonds is 4. The van der Waals surface area contributed by atoms with E-state index in [1.165, 1.54) is 12.4 Å². The summed E-state index contributed by atoms with van der Waals surface area (Å²) < 4.78 is 27.0. The maximum Gasteiger partial charge on any atom is 0.186 e. The van der Waals surface area contributed by atoms with Gasteiger partial charge in [-0.05, 0) is 48.0 Å². The molecule has 6 nitrogen and oxygen atoms in total. The molecule has 1 aromatic carbocycles. The van der Waals surface area contributed by atoms with Crippen molar-refractivity contribution in [1.29, 1.82) is 0 Å². The Morgan fingerprint density at radius 1 is 1.40 bits per heavy atom. The molecule has 0 atom stereocenters. The van der Waals surface area contributed by atoms with Crippen molar-refractivity contribution in [2.24, 2.45) is 0 Å². The third kappa shape index (κ3) is 3.01. The first-order chi connectivity index (χ1) is 9.31. The largest absolute Gasteiger partial charge is 0.399 e. The van der Waals surface area contributed by atoms with Crippen LogP contribution < -0.4 is 5.73 Å². The van der Waals surface area contributed by atoms with E-state index in [-0.39, 0.29) is 16.7 Å². The van der Waals surface area contributed by atoms with Gasteiger partial charge in [-0.2, -0.15) is 5.10 Å². The molecule has 20 heavy (non-hydrogen) atoms. The molecule has 0 saturated heterocycles. The molecular formula is C12H15BrN4O2S. The zero-order valence-corrected chi connectivity index (χ0v) is 13.5. The molecule has 0 amide bonds. The summed E-state index contributed by atoms with van der Waals surface area (Å²) in [6.45, 7) is 3.84. The minimum Gasteiger partial charge on any atom is -0.399 e. The molecule has 0 saturated carbocycles. The van der Waals surface area contributed by atoms with Crippen molar-refractivity contribution in [3.05, 3.63) is 34.8 Å². The van der Waals surface area contributed by atoms with Gasteiger partial charge in [-0.3, -0.25) is 0 Å². The maximum atomic E-state index is 12.5. The highest BCUT2D eigenvalue weighted by molar-refractivity contribution is 9.10. The maximum absolute atomic E-state index is 12.5. The fraction of sp³-hybridized carbons (Fsp3) is 0.333. The van der Waals surface area contributed by atoms with Crippen LogP contribution in [0.3, 0.4) is 0 Å². The summed E-state index contributed by atoms with van der Waals surface area (Å²) in [5.74, 6) is 0.219. The second-order valence-corrected chi connectivity index (χ2v) is 7.48. The second-order valence-electron chi connectivity index (χ2n) is 4.66. The first-order valence-electron chi connectivity index (χ1n) is 5.97. The van der Waals surface area contributed by atoms with Gasteiger partial charge in [0, 0.05) is 16.2 Å². The van der Waals surface area contributed by atoms with Gasteiger partial charge in [0.05, 0.1) is 4.90 Å². The lowest BCUT2D eigenvalue weighted by Gasteiger charge is -2.11. The molecule has 1 aromatic heterocycles. The van der Waals surface area contributed by atoms with Crippen LogP contribution in [0.5, 0.6) is 0 Å². The average Bonchev–Trinajstić information content (AvgIpc) is 2.75. The number of nitrogens with two attached hydrogens (primary N) is 1. The Balaban J connectivity index is 2.38. The van der Waals surface area contributed by atoms with Gasteiger partial charge in [0.15, 0.2) is 9.84 Å². The van der Waals surface area contributed by atoms with Crippen molar-refractivity contribution in [3.63, 3.8) is 0 Å². The smallest absolute Gasteiger partial charge is 0.186 e. The standard InChI is InChI=1S/C12H15BrN4O2S/c1-8(2)17-12(15-7-16-17)6-20(18,19)11-4-3-9(14)5-10(11)13/h3-5,7-8H,6,14H2,1-2H3. The number of hydrogen-bond acceptors (Lipinski definition) is 5. The Morgan fingerprint density at radius 3 is 2.70 bits per heavy atom. The van der Waals surface area contributed by atoms with Crippen LogP contribution in [0.4, 0.5) is 5.69 Å². The number of anilines is 1. The van der Waals surface area contributed by atoms with Gasteiger partial charge in [-0.15, -0.1) is 0 Å². The molecule has 2 aromatic rings. The van der Waals surface area contributed by atoms with Gasteiger partial charge in [0.25, 0.3) is 0 Å². The van der Waals surface area contributed by atoms with Gasteiger partial charge in [0.2, 0.25) is 0 Å². The SMILES string of the molecule is CC(C)n1ncnc1CS(=O)(=O)c1ccc(N)cc1Br. The molecule has 8 heteroatoms. The summed E-state index contributed by atoms with van der Waals surface area (Å²) in [4.78, 5) is 4.23. The summed E-state index contributed by atoms with van der Waals surface area (Å²) in [6, 6.07) is 4.67. The minimum absolute atomic E-state index is 0.0533. The molecule has 0 aliphatic heterocycles. The molecule has 1 heterocycles. The van der Waals surface area contributed by atoms with E-state index in [0.29, 0.717) is 16.0 Å². The van der Waals surface area contributed by atoms with Crippen LogP contribution in [0, 0.1) is 0 Å².